The molecule has 2 N–H and O–H groups in total. The van der Waals surface area contributed by atoms with Crippen LogP contribution in [0.4, 0.5) is 5.69 Å². The van der Waals surface area contributed by atoms with E-state index in [0.717, 1.165) is 10.4 Å². The Balaban J connectivity index is 1.87. The average Bonchev–Trinajstić information content (AvgIpc) is 3.13. The van der Waals surface area contributed by atoms with E-state index in [0.29, 0.717) is 33.3 Å². The highest BCUT2D eigenvalue weighted by Crippen LogP contribution is 2.50. The second-order valence-corrected chi connectivity index (χ2v) is 9.23. The predicted octanol–water partition coefficient (Wildman–Crippen LogP) is 6.04. The van der Waals surface area contributed by atoms with Crippen molar-refractivity contribution >= 4 is 40.5 Å². The number of halogens is 1. The maximum Gasteiger partial charge on any atom is 0.346 e. The molecule has 0 radical (unpaired) electrons. The first-order valence-corrected chi connectivity index (χ1v) is 11.3. The number of fused-ring (bicyclic) bond motifs is 1. The molecule has 166 valence electrons. The monoisotopic (exact) mass is 471 g/mol. The number of carboxylic acids is 1. The second kappa shape index (κ2) is 8.84. The Bertz CT molecular complexity index is 1190. The normalized spacial score (nSPS) is 15.3. The van der Waals surface area contributed by atoms with Gasteiger partial charge in [-0.15, -0.1) is 11.3 Å². The van der Waals surface area contributed by atoms with Crippen molar-refractivity contribution in [3.05, 3.63) is 62.8 Å². The van der Waals surface area contributed by atoms with E-state index in [1.807, 2.05) is 32.0 Å². The fraction of sp³-hybridized carbons (Fsp3) is 0.250. The molecule has 1 aliphatic heterocycles. The van der Waals surface area contributed by atoms with E-state index in [1.54, 1.807) is 31.4 Å². The number of rotatable bonds is 6. The first-order chi connectivity index (χ1) is 15.3. The van der Waals surface area contributed by atoms with E-state index in [2.05, 4.69) is 5.32 Å². The minimum absolute atomic E-state index is 0.0544. The Morgan fingerprint density at radius 1 is 1.19 bits per heavy atom. The smallest absolute Gasteiger partial charge is 0.346 e. The molecule has 0 bridgehead atoms. The Morgan fingerprint density at radius 2 is 1.91 bits per heavy atom. The van der Waals surface area contributed by atoms with Crippen molar-refractivity contribution in [1.29, 1.82) is 0 Å². The standard InChI is InChI=1S/C24H22ClNO5S/c1-12(2)31-18-10-14(6-9-17(18)30-3)16-11-19(27)26-21-20(13-4-7-15(25)8-5-13)23(24(28)29)32-22(16)21/h4-10,12,16H,11H2,1-3H3,(H,26,27)(H,28,29). The third-order valence-corrected chi connectivity index (χ3v) is 6.73. The largest absolute Gasteiger partial charge is 0.493 e. The Hall–Kier alpha value is -3.03. The van der Waals surface area contributed by atoms with Gasteiger partial charge in [0.1, 0.15) is 4.88 Å². The second-order valence-electron chi connectivity index (χ2n) is 7.74. The number of methoxy groups -OCH3 is 1. The summed E-state index contributed by atoms with van der Waals surface area (Å²) >= 11 is 7.20. The summed E-state index contributed by atoms with van der Waals surface area (Å²) in [5, 5.41) is 13.4. The summed E-state index contributed by atoms with van der Waals surface area (Å²) in [6.07, 6.45) is 0.154. The van der Waals surface area contributed by atoms with Crippen LogP contribution in [0.15, 0.2) is 42.5 Å². The van der Waals surface area contributed by atoms with Crippen LogP contribution in [0.3, 0.4) is 0 Å². The molecule has 0 aliphatic carbocycles. The molecule has 0 saturated heterocycles. The number of carboxylic acid groups (broad SMARTS) is 1. The van der Waals surface area contributed by atoms with E-state index in [-0.39, 0.29) is 29.2 Å². The molecule has 0 spiro atoms. The highest BCUT2D eigenvalue weighted by molar-refractivity contribution is 7.15. The average molecular weight is 472 g/mol. The molecule has 0 fully saturated rings. The summed E-state index contributed by atoms with van der Waals surface area (Å²) in [4.78, 5) is 25.8. The van der Waals surface area contributed by atoms with E-state index in [9.17, 15) is 14.7 Å². The van der Waals surface area contributed by atoms with Crippen LogP contribution in [-0.2, 0) is 4.79 Å². The molecule has 1 aliphatic rings. The van der Waals surface area contributed by atoms with Gasteiger partial charge in [0.05, 0.1) is 18.9 Å². The number of benzene rings is 2. The van der Waals surface area contributed by atoms with E-state index >= 15 is 0 Å². The van der Waals surface area contributed by atoms with Crippen LogP contribution in [0, 0.1) is 0 Å². The summed E-state index contributed by atoms with van der Waals surface area (Å²) in [5.41, 5.74) is 2.58. The minimum atomic E-state index is -1.04. The Kier molecular flexibility index (Phi) is 6.13. The van der Waals surface area contributed by atoms with E-state index in [1.165, 1.54) is 11.3 Å². The molecule has 6 nitrogen and oxygen atoms in total. The molecule has 1 unspecified atom stereocenters. The number of hydrogen-bond acceptors (Lipinski definition) is 5. The van der Waals surface area contributed by atoms with Crippen LogP contribution < -0.4 is 14.8 Å². The molecule has 3 aromatic rings. The number of aromatic carboxylic acids is 1. The number of nitrogens with one attached hydrogen (secondary N) is 1. The zero-order valence-corrected chi connectivity index (χ0v) is 19.3. The van der Waals surface area contributed by atoms with Crippen molar-refractivity contribution < 1.29 is 24.2 Å². The molecule has 8 heteroatoms. The topological polar surface area (TPSA) is 84.9 Å². The first-order valence-electron chi connectivity index (χ1n) is 10.1. The van der Waals surface area contributed by atoms with Gasteiger partial charge < -0.3 is 19.9 Å². The number of amides is 1. The van der Waals surface area contributed by atoms with Crippen molar-refractivity contribution in [2.75, 3.05) is 12.4 Å². The van der Waals surface area contributed by atoms with Crippen molar-refractivity contribution in [2.24, 2.45) is 0 Å². The maximum absolute atomic E-state index is 12.7. The zero-order chi connectivity index (χ0) is 23.0. The fourth-order valence-corrected chi connectivity index (χ4v) is 5.23. The van der Waals surface area contributed by atoms with Gasteiger partial charge >= 0.3 is 5.97 Å². The number of carbonyl (C=O) groups is 2. The van der Waals surface area contributed by atoms with Crippen LogP contribution in [0.5, 0.6) is 11.5 Å². The number of carbonyl (C=O) groups excluding carboxylic acids is 1. The molecule has 32 heavy (non-hydrogen) atoms. The zero-order valence-electron chi connectivity index (χ0n) is 17.8. The number of ether oxygens (including phenoxy) is 2. The number of thiophene rings is 1. The molecule has 2 heterocycles. The molecule has 1 aromatic heterocycles. The van der Waals surface area contributed by atoms with E-state index < -0.39 is 5.97 Å². The van der Waals surface area contributed by atoms with Crippen LogP contribution in [0.2, 0.25) is 5.02 Å². The first kappa shape index (κ1) is 22.2. The third kappa shape index (κ3) is 4.18. The van der Waals surface area contributed by atoms with Crippen molar-refractivity contribution in [1.82, 2.24) is 0 Å². The summed E-state index contributed by atoms with van der Waals surface area (Å²) in [6.45, 7) is 3.85. The predicted molar refractivity (Wildman–Crippen MR) is 126 cm³/mol. The van der Waals surface area contributed by atoms with Crippen molar-refractivity contribution in [3.63, 3.8) is 0 Å². The van der Waals surface area contributed by atoms with Crippen LogP contribution in [0.25, 0.3) is 11.1 Å². The summed E-state index contributed by atoms with van der Waals surface area (Å²) in [6, 6.07) is 12.5. The van der Waals surface area contributed by atoms with Crippen LogP contribution in [0.1, 0.15) is 46.3 Å². The number of hydrogen-bond donors (Lipinski definition) is 2. The lowest BCUT2D eigenvalue weighted by Crippen LogP contribution is -2.22. The van der Waals surface area contributed by atoms with Crippen molar-refractivity contribution in [2.45, 2.75) is 32.3 Å². The lowest BCUT2D eigenvalue weighted by molar-refractivity contribution is -0.116. The summed E-state index contributed by atoms with van der Waals surface area (Å²) < 4.78 is 11.3. The molecule has 2 aromatic carbocycles. The molecule has 1 atom stereocenters. The minimum Gasteiger partial charge on any atom is -0.493 e. The van der Waals surface area contributed by atoms with Gasteiger partial charge in [-0.2, -0.15) is 0 Å². The number of anilines is 1. The Morgan fingerprint density at radius 3 is 2.53 bits per heavy atom. The van der Waals surface area contributed by atoms with Gasteiger partial charge in [-0.3, -0.25) is 4.79 Å². The highest BCUT2D eigenvalue weighted by Gasteiger charge is 2.34. The lowest BCUT2D eigenvalue weighted by atomic mass is 9.88. The van der Waals surface area contributed by atoms with Crippen LogP contribution >= 0.6 is 22.9 Å². The Labute approximate surface area is 194 Å². The van der Waals surface area contributed by atoms with Gasteiger partial charge in [-0.25, -0.2) is 4.79 Å². The van der Waals surface area contributed by atoms with Gasteiger partial charge in [0.15, 0.2) is 11.5 Å². The van der Waals surface area contributed by atoms with Crippen LogP contribution in [-0.4, -0.2) is 30.2 Å². The van der Waals surface area contributed by atoms with Gasteiger partial charge in [0.25, 0.3) is 0 Å². The molecule has 0 saturated carbocycles. The summed E-state index contributed by atoms with van der Waals surface area (Å²) in [5.74, 6) is -0.332. The highest BCUT2D eigenvalue weighted by atomic mass is 35.5. The van der Waals surface area contributed by atoms with Gasteiger partial charge in [0, 0.05) is 27.8 Å². The van der Waals surface area contributed by atoms with Gasteiger partial charge in [0.2, 0.25) is 5.91 Å². The van der Waals surface area contributed by atoms with E-state index in [4.69, 9.17) is 21.1 Å². The molecular weight excluding hydrogens is 450 g/mol. The summed E-state index contributed by atoms with van der Waals surface area (Å²) in [7, 11) is 1.57. The SMILES string of the molecule is COc1ccc(C2CC(=O)Nc3c2sc(C(=O)O)c3-c2ccc(Cl)cc2)cc1OC(C)C. The fourth-order valence-electron chi connectivity index (χ4n) is 3.85. The van der Waals surface area contributed by atoms with Gasteiger partial charge in [-0.05, 0) is 49.2 Å². The van der Waals surface area contributed by atoms with Crippen molar-refractivity contribution in [3.8, 4) is 22.6 Å². The molecule has 1 amide bonds. The maximum atomic E-state index is 12.7. The molecule has 4 rings (SSSR count). The lowest BCUT2D eigenvalue weighted by Gasteiger charge is -2.25. The third-order valence-electron chi connectivity index (χ3n) is 5.19. The quantitative estimate of drug-likeness (QED) is 0.458. The van der Waals surface area contributed by atoms with Gasteiger partial charge in [-0.1, -0.05) is 29.8 Å². The molecular formula is C24H22ClNO5S.